The standard InChI is InChI=1S/C13H13N3O/c1-2-13(17)15-12-8-14-16(10-12)9-11-6-4-3-5-7-11/h2-8,10H,1,9H2,(H,15,17). The highest BCUT2D eigenvalue weighted by molar-refractivity contribution is 5.98. The molecule has 1 amide bonds. The van der Waals surface area contributed by atoms with E-state index in [1.807, 2.05) is 30.3 Å². The normalized spacial score (nSPS) is 9.88. The number of nitrogens with one attached hydrogen (secondary N) is 1. The molecule has 0 saturated heterocycles. The van der Waals surface area contributed by atoms with Gasteiger partial charge in [-0.1, -0.05) is 36.9 Å². The second-order valence-corrected chi connectivity index (χ2v) is 3.61. The van der Waals surface area contributed by atoms with Crippen LogP contribution in [0.15, 0.2) is 55.4 Å². The lowest BCUT2D eigenvalue weighted by molar-refractivity contribution is -0.111. The van der Waals surface area contributed by atoms with E-state index in [1.54, 1.807) is 17.1 Å². The summed E-state index contributed by atoms with van der Waals surface area (Å²) in [7, 11) is 0. The van der Waals surface area contributed by atoms with Gasteiger partial charge in [0, 0.05) is 6.20 Å². The quantitative estimate of drug-likeness (QED) is 0.813. The zero-order valence-electron chi connectivity index (χ0n) is 9.34. The van der Waals surface area contributed by atoms with Gasteiger partial charge >= 0.3 is 0 Å². The zero-order valence-corrected chi connectivity index (χ0v) is 9.34. The van der Waals surface area contributed by atoms with E-state index in [9.17, 15) is 4.79 Å². The third kappa shape index (κ3) is 3.04. The van der Waals surface area contributed by atoms with Crippen molar-refractivity contribution >= 4 is 11.6 Å². The predicted molar refractivity (Wildman–Crippen MR) is 66.6 cm³/mol. The first-order valence-corrected chi connectivity index (χ1v) is 5.28. The molecule has 0 aliphatic carbocycles. The van der Waals surface area contributed by atoms with Gasteiger partial charge < -0.3 is 5.32 Å². The summed E-state index contributed by atoms with van der Waals surface area (Å²) in [6.07, 6.45) is 4.63. The molecular weight excluding hydrogens is 214 g/mol. The van der Waals surface area contributed by atoms with Crippen molar-refractivity contribution in [1.82, 2.24) is 9.78 Å². The number of hydrogen-bond acceptors (Lipinski definition) is 2. The molecule has 0 bridgehead atoms. The third-order valence-corrected chi connectivity index (χ3v) is 2.27. The molecule has 0 spiro atoms. The van der Waals surface area contributed by atoms with Gasteiger partial charge in [0.2, 0.25) is 5.91 Å². The maximum absolute atomic E-state index is 11.1. The molecule has 4 nitrogen and oxygen atoms in total. The van der Waals surface area contributed by atoms with E-state index in [0.29, 0.717) is 12.2 Å². The molecule has 1 aromatic heterocycles. The van der Waals surface area contributed by atoms with Crippen molar-refractivity contribution in [2.75, 3.05) is 5.32 Å². The number of anilines is 1. The molecule has 1 N–H and O–H groups in total. The third-order valence-electron chi connectivity index (χ3n) is 2.27. The van der Waals surface area contributed by atoms with Gasteiger partial charge in [0.15, 0.2) is 0 Å². The summed E-state index contributed by atoms with van der Waals surface area (Å²) in [6, 6.07) is 10.0. The Morgan fingerprint density at radius 1 is 1.41 bits per heavy atom. The van der Waals surface area contributed by atoms with E-state index in [0.717, 1.165) is 5.56 Å². The second kappa shape index (κ2) is 5.12. The van der Waals surface area contributed by atoms with Crippen LogP contribution in [0, 0.1) is 0 Å². The fourth-order valence-electron chi connectivity index (χ4n) is 1.48. The van der Waals surface area contributed by atoms with Gasteiger partial charge in [0.25, 0.3) is 0 Å². The topological polar surface area (TPSA) is 46.9 Å². The molecule has 1 heterocycles. The van der Waals surface area contributed by atoms with Crippen molar-refractivity contribution in [2.45, 2.75) is 6.54 Å². The summed E-state index contributed by atoms with van der Waals surface area (Å²) >= 11 is 0. The lowest BCUT2D eigenvalue weighted by Gasteiger charge is -2.00. The van der Waals surface area contributed by atoms with Gasteiger partial charge in [0.05, 0.1) is 18.4 Å². The molecule has 0 saturated carbocycles. The monoisotopic (exact) mass is 227 g/mol. The van der Waals surface area contributed by atoms with Crippen LogP contribution in [0.2, 0.25) is 0 Å². The van der Waals surface area contributed by atoms with Crippen molar-refractivity contribution in [1.29, 1.82) is 0 Å². The molecule has 0 radical (unpaired) electrons. The number of rotatable bonds is 4. The summed E-state index contributed by atoms with van der Waals surface area (Å²) in [5.74, 6) is -0.232. The Morgan fingerprint density at radius 2 is 2.18 bits per heavy atom. The van der Waals surface area contributed by atoms with Crippen LogP contribution in [0.5, 0.6) is 0 Å². The Balaban J connectivity index is 2.04. The Hall–Kier alpha value is -2.36. The van der Waals surface area contributed by atoms with Crippen LogP contribution < -0.4 is 5.32 Å². The predicted octanol–water partition coefficient (Wildman–Crippen LogP) is 2.06. The molecule has 0 unspecified atom stereocenters. The molecule has 0 aliphatic heterocycles. The number of carbonyl (C=O) groups is 1. The first-order chi connectivity index (χ1) is 8.28. The van der Waals surface area contributed by atoms with Crippen molar-refractivity contribution in [3.63, 3.8) is 0 Å². The van der Waals surface area contributed by atoms with Gasteiger partial charge in [-0.05, 0) is 11.6 Å². The molecule has 1 aromatic carbocycles. The number of benzene rings is 1. The Kier molecular flexibility index (Phi) is 3.35. The fourth-order valence-corrected chi connectivity index (χ4v) is 1.48. The van der Waals surface area contributed by atoms with Gasteiger partial charge in [-0.2, -0.15) is 5.10 Å². The van der Waals surface area contributed by atoms with Crippen molar-refractivity contribution in [3.8, 4) is 0 Å². The lowest BCUT2D eigenvalue weighted by Crippen LogP contribution is -2.06. The second-order valence-electron chi connectivity index (χ2n) is 3.61. The van der Waals surface area contributed by atoms with E-state index in [-0.39, 0.29) is 5.91 Å². The van der Waals surface area contributed by atoms with Crippen LogP contribution in [0.1, 0.15) is 5.56 Å². The minimum absolute atomic E-state index is 0.232. The number of amides is 1. The molecule has 4 heteroatoms. The van der Waals surface area contributed by atoms with Crippen molar-refractivity contribution < 1.29 is 4.79 Å². The SMILES string of the molecule is C=CC(=O)Nc1cnn(Cc2ccccc2)c1. The average molecular weight is 227 g/mol. The Bertz CT molecular complexity index is 516. The van der Waals surface area contributed by atoms with E-state index in [1.165, 1.54) is 6.08 Å². The first-order valence-electron chi connectivity index (χ1n) is 5.28. The minimum atomic E-state index is -0.232. The van der Waals surface area contributed by atoms with Gasteiger partial charge in [-0.3, -0.25) is 9.48 Å². The molecular formula is C13H13N3O. The van der Waals surface area contributed by atoms with Gasteiger partial charge in [0.1, 0.15) is 0 Å². The number of nitrogens with zero attached hydrogens (tertiary/aromatic N) is 2. The number of carbonyl (C=O) groups excluding carboxylic acids is 1. The number of hydrogen-bond donors (Lipinski definition) is 1. The van der Waals surface area contributed by atoms with E-state index in [2.05, 4.69) is 17.0 Å². The summed E-state index contributed by atoms with van der Waals surface area (Å²) in [5.41, 5.74) is 1.84. The highest BCUT2D eigenvalue weighted by Gasteiger charge is 2.01. The molecule has 0 fully saturated rings. The first kappa shape index (κ1) is 11.1. The molecule has 17 heavy (non-hydrogen) atoms. The van der Waals surface area contributed by atoms with Crippen LogP contribution in [-0.4, -0.2) is 15.7 Å². The molecule has 86 valence electrons. The summed E-state index contributed by atoms with van der Waals surface area (Å²) in [4.78, 5) is 11.1. The van der Waals surface area contributed by atoms with E-state index in [4.69, 9.17) is 0 Å². The van der Waals surface area contributed by atoms with Gasteiger partial charge in [-0.25, -0.2) is 0 Å². The summed E-state index contributed by atoms with van der Waals surface area (Å²) in [6.45, 7) is 4.08. The molecule has 0 aliphatic rings. The maximum atomic E-state index is 11.1. The van der Waals surface area contributed by atoms with Crippen molar-refractivity contribution in [3.05, 3.63) is 60.9 Å². The molecule has 0 atom stereocenters. The van der Waals surface area contributed by atoms with Crippen LogP contribution in [-0.2, 0) is 11.3 Å². The van der Waals surface area contributed by atoms with Crippen LogP contribution in [0.4, 0.5) is 5.69 Å². The van der Waals surface area contributed by atoms with E-state index < -0.39 is 0 Å². The average Bonchev–Trinajstić information content (AvgIpc) is 2.77. The Morgan fingerprint density at radius 3 is 2.88 bits per heavy atom. The summed E-state index contributed by atoms with van der Waals surface area (Å²) in [5, 5.41) is 6.82. The van der Waals surface area contributed by atoms with E-state index >= 15 is 0 Å². The highest BCUT2D eigenvalue weighted by Crippen LogP contribution is 2.07. The van der Waals surface area contributed by atoms with Crippen LogP contribution in [0.3, 0.4) is 0 Å². The van der Waals surface area contributed by atoms with Crippen molar-refractivity contribution in [2.24, 2.45) is 0 Å². The maximum Gasteiger partial charge on any atom is 0.247 e. The minimum Gasteiger partial charge on any atom is -0.320 e. The fraction of sp³-hybridized carbons (Fsp3) is 0.0769. The largest absolute Gasteiger partial charge is 0.320 e. The summed E-state index contributed by atoms with van der Waals surface area (Å²) < 4.78 is 1.77. The molecule has 2 aromatic rings. The Labute approximate surface area is 99.6 Å². The zero-order chi connectivity index (χ0) is 12.1. The van der Waals surface area contributed by atoms with Crippen LogP contribution >= 0.6 is 0 Å². The van der Waals surface area contributed by atoms with Crippen LogP contribution in [0.25, 0.3) is 0 Å². The lowest BCUT2D eigenvalue weighted by atomic mass is 10.2. The van der Waals surface area contributed by atoms with Gasteiger partial charge in [-0.15, -0.1) is 0 Å². The molecule has 2 rings (SSSR count). The highest BCUT2D eigenvalue weighted by atomic mass is 16.1. The number of aromatic nitrogens is 2. The smallest absolute Gasteiger partial charge is 0.247 e.